The molecule has 1 saturated carbocycles. The van der Waals surface area contributed by atoms with Crippen molar-refractivity contribution in [1.82, 2.24) is 16.0 Å². The Morgan fingerprint density at radius 1 is 1.19 bits per heavy atom. The molecule has 1 aliphatic carbocycles. The average Bonchev–Trinajstić information content (AvgIpc) is 3.09. The van der Waals surface area contributed by atoms with Crippen molar-refractivity contribution in [2.45, 2.75) is 45.6 Å². The van der Waals surface area contributed by atoms with Crippen molar-refractivity contribution in [3.05, 3.63) is 35.6 Å². The average molecular weight is 476 g/mol. The molecule has 0 aliphatic heterocycles. The maximum absolute atomic E-state index is 13.2. The van der Waals surface area contributed by atoms with Crippen molar-refractivity contribution in [3.63, 3.8) is 0 Å². The predicted octanol–water partition coefficient (Wildman–Crippen LogP) is 3.20. The Hall–Kier alpha value is -1.38. The number of hydrogen-bond donors (Lipinski definition) is 3. The third-order valence-electron chi connectivity index (χ3n) is 4.34. The fourth-order valence-corrected chi connectivity index (χ4v) is 3.08. The molecule has 146 valence electrons. The minimum absolute atomic E-state index is 0. The van der Waals surface area contributed by atoms with E-state index in [1.54, 1.807) is 6.07 Å². The fourth-order valence-electron chi connectivity index (χ4n) is 3.08. The van der Waals surface area contributed by atoms with E-state index in [9.17, 15) is 9.18 Å². The van der Waals surface area contributed by atoms with E-state index in [1.807, 2.05) is 13.0 Å². The lowest BCUT2D eigenvalue weighted by Crippen LogP contribution is -2.41. The summed E-state index contributed by atoms with van der Waals surface area (Å²) in [5, 5.41) is 9.29. The maximum atomic E-state index is 13.2. The summed E-state index contributed by atoms with van der Waals surface area (Å²) in [4.78, 5) is 16.3. The molecule has 1 aliphatic rings. The van der Waals surface area contributed by atoms with Crippen LogP contribution in [0.5, 0.6) is 0 Å². The molecule has 0 radical (unpaired) electrons. The van der Waals surface area contributed by atoms with Crippen molar-refractivity contribution >= 4 is 35.8 Å². The largest absolute Gasteiger partial charge is 0.357 e. The minimum Gasteiger partial charge on any atom is -0.357 e. The number of guanidine groups is 1. The number of rotatable bonds is 8. The Kier molecular flexibility index (Phi) is 11.2. The van der Waals surface area contributed by atoms with Crippen LogP contribution in [0.3, 0.4) is 0 Å². The first kappa shape index (κ1) is 22.7. The van der Waals surface area contributed by atoms with Gasteiger partial charge in [-0.05, 0) is 43.4 Å². The van der Waals surface area contributed by atoms with Crippen LogP contribution in [-0.4, -0.2) is 31.5 Å². The lowest BCUT2D eigenvalue weighted by molar-refractivity contribution is -0.121. The van der Waals surface area contributed by atoms with Gasteiger partial charge < -0.3 is 16.0 Å². The first-order chi connectivity index (χ1) is 12.2. The second-order valence-electron chi connectivity index (χ2n) is 6.46. The smallest absolute Gasteiger partial charge is 0.220 e. The summed E-state index contributed by atoms with van der Waals surface area (Å²) in [6.07, 6.45) is 5.53. The van der Waals surface area contributed by atoms with E-state index < -0.39 is 0 Å². The summed E-state index contributed by atoms with van der Waals surface area (Å²) in [5.74, 6) is 1.11. The molecule has 26 heavy (non-hydrogen) atoms. The summed E-state index contributed by atoms with van der Waals surface area (Å²) < 4.78 is 13.2. The first-order valence-corrected chi connectivity index (χ1v) is 9.20. The molecule has 1 aromatic rings. The third kappa shape index (κ3) is 8.82. The van der Waals surface area contributed by atoms with Gasteiger partial charge in [0, 0.05) is 26.1 Å². The number of halogens is 2. The van der Waals surface area contributed by atoms with Gasteiger partial charge in [0.1, 0.15) is 5.82 Å². The number of hydrogen-bond acceptors (Lipinski definition) is 2. The van der Waals surface area contributed by atoms with E-state index in [1.165, 1.54) is 37.8 Å². The van der Waals surface area contributed by atoms with Crippen molar-refractivity contribution in [2.75, 3.05) is 19.6 Å². The van der Waals surface area contributed by atoms with E-state index >= 15 is 0 Å². The van der Waals surface area contributed by atoms with Crippen molar-refractivity contribution < 1.29 is 9.18 Å². The van der Waals surface area contributed by atoms with Gasteiger partial charge in [-0.15, -0.1) is 24.0 Å². The molecule has 1 amide bonds. The van der Waals surface area contributed by atoms with Gasteiger partial charge in [-0.2, -0.15) is 0 Å². The topological polar surface area (TPSA) is 65.5 Å². The number of amides is 1. The highest BCUT2D eigenvalue weighted by atomic mass is 127. The first-order valence-electron chi connectivity index (χ1n) is 9.20. The van der Waals surface area contributed by atoms with Crippen LogP contribution in [0.2, 0.25) is 0 Å². The summed E-state index contributed by atoms with van der Waals surface area (Å²) >= 11 is 0. The van der Waals surface area contributed by atoms with E-state index in [0.717, 1.165) is 12.1 Å². The molecule has 7 heteroatoms. The molecule has 0 atom stereocenters. The van der Waals surface area contributed by atoms with Crippen LogP contribution in [-0.2, 0) is 11.3 Å². The highest BCUT2D eigenvalue weighted by molar-refractivity contribution is 14.0. The van der Waals surface area contributed by atoms with Gasteiger partial charge in [0.25, 0.3) is 0 Å². The quantitative estimate of drug-likeness (QED) is 0.234. The zero-order valence-electron chi connectivity index (χ0n) is 15.4. The zero-order chi connectivity index (χ0) is 17.9. The molecule has 3 N–H and O–H groups in total. The fraction of sp³-hybridized carbons (Fsp3) is 0.579. The maximum Gasteiger partial charge on any atom is 0.220 e. The van der Waals surface area contributed by atoms with Crippen LogP contribution in [0.25, 0.3) is 0 Å². The van der Waals surface area contributed by atoms with Gasteiger partial charge in [-0.3, -0.25) is 4.79 Å². The Morgan fingerprint density at radius 2 is 1.92 bits per heavy atom. The Balaban J connectivity index is 0.00000338. The molecular formula is C19H30FIN4O. The Bertz CT molecular complexity index is 576. The minimum atomic E-state index is -0.254. The van der Waals surface area contributed by atoms with E-state index in [2.05, 4.69) is 20.9 Å². The number of nitrogens with zero attached hydrogens (tertiary/aromatic N) is 1. The molecule has 1 fully saturated rings. The van der Waals surface area contributed by atoms with Crippen LogP contribution >= 0.6 is 24.0 Å². The van der Waals surface area contributed by atoms with E-state index in [-0.39, 0.29) is 35.7 Å². The van der Waals surface area contributed by atoms with Gasteiger partial charge in [0.05, 0.1) is 6.54 Å². The monoisotopic (exact) mass is 476 g/mol. The number of nitrogens with one attached hydrogen (secondary N) is 3. The van der Waals surface area contributed by atoms with Gasteiger partial charge in [0.15, 0.2) is 5.96 Å². The summed E-state index contributed by atoms with van der Waals surface area (Å²) in [7, 11) is 0. The molecule has 5 nitrogen and oxygen atoms in total. The van der Waals surface area contributed by atoms with Crippen LogP contribution in [0.4, 0.5) is 4.39 Å². The number of carbonyl (C=O) groups excluding carboxylic acids is 1. The standard InChI is InChI=1S/C19H29FN4O.HI/c1-2-21-19(24-14-16-8-5-9-17(20)12-16)23-11-10-22-18(25)13-15-6-3-4-7-15;/h5,8-9,12,15H,2-4,6-7,10-11,13-14H2,1H3,(H,22,25)(H2,21,23,24);1H. The molecule has 2 rings (SSSR count). The molecule has 0 saturated heterocycles. The lowest BCUT2D eigenvalue weighted by Gasteiger charge is -2.13. The normalized spacial score (nSPS) is 14.6. The summed E-state index contributed by atoms with van der Waals surface area (Å²) in [6, 6.07) is 6.43. The summed E-state index contributed by atoms with van der Waals surface area (Å²) in [5.41, 5.74) is 0.821. The molecule has 0 bridgehead atoms. The van der Waals surface area contributed by atoms with Crippen LogP contribution < -0.4 is 16.0 Å². The molecule has 0 heterocycles. The van der Waals surface area contributed by atoms with Crippen molar-refractivity contribution in [3.8, 4) is 0 Å². The second kappa shape index (κ2) is 12.9. The van der Waals surface area contributed by atoms with Crippen LogP contribution in [0, 0.1) is 11.7 Å². The summed E-state index contributed by atoms with van der Waals surface area (Å²) in [6.45, 7) is 4.30. The zero-order valence-corrected chi connectivity index (χ0v) is 17.7. The SMILES string of the molecule is CCNC(=NCc1cccc(F)c1)NCCNC(=O)CC1CCCC1.I. The molecular weight excluding hydrogens is 446 g/mol. The Morgan fingerprint density at radius 3 is 2.62 bits per heavy atom. The van der Waals surface area contributed by atoms with E-state index in [4.69, 9.17) is 0 Å². The van der Waals surface area contributed by atoms with Crippen molar-refractivity contribution in [1.29, 1.82) is 0 Å². The number of carbonyl (C=O) groups is 1. The van der Waals surface area contributed by atoms with E-state index in [0.29, 0.717) is 37.9 Å². The highest BCUT2D eigenvalue weighted by Gasteiger charge is 2.17. The number of aliphatic imine (C=N–C) groups is 1. The highest BCUT2D eigenvalue weighted by Crippen LogP contribution is 2.27. The van der Waals surface area contributed by atoms with Crippen LogP contribution in [0.1, 0.15) is 44.6 Å². The molecule has 1 aromatic carbocycles. The van der Waals surface area contributed by atoms with Gasteiger partial charge in [-0.25, -0.2) is 9.38 Å². The third-order valence-corrected chi connectivity index (χ3v) is 4.34. The molecule has 0 unspecified atom stereocenters. The second-order valence-corrected chi connectivity index (χ2v) is 6.46. The van der Waals surface area contributed by atoms with Gasteiger partial charge in [-0.1, -0.05) is 25.0 Å². The van der Waals surface area contributed by atoms with Crippen LogP contribution in [0.15, 0.2) is 29.3 Å². The molecule has 0 aromatic heterocycles. The number of benzene rings is 1. The molecule has 0 spiro atoms. The lowest BCUT2D eigenvalue weighted by atomic mass is 10.0. The van der Waals surface area contributed by atoms with Gasteiger partial charge >= 0.3 is 0 Å². The predicted molar refractivity (Wildman–Crippen MR) is 114 cm³/mol. The Labute approximate surface area is 172 Å². The van der Waals surface area contributed by atoms with Gasteiger partial charge in [0.2, 0.25) is 5.91 Å². The van der Waals surface area contributed by atoms with Crippen molar-refractivity contribution in [2.24, 2.45) is 10.9 Å².